The minimum atomic E-state index is 0.695. The molecule has 0 heterocycles. The van der Waals surface area contributed by atoms with Crippen molar-refractivity contribution < 1.29 is 0 Å². The van der Waals surface area contributed by atoms with E-state index in [9.17, 15) is 0 Å². The third-order valence-electron chi connectivity index (χ3n) is 2.58. The lowest BCUT2D eigenvalue weighted by Crippen LogP contribution is -1.92. The molecule has 0 spiro atoms. The second-order valence-corrected chi connectivity index (χ2v) is 3.61. The van der Waals surface area contributed by atoms with E-state index in [-0.39, 0.29) is 0 Å². The van der Waals surface area contributed by atoms with Crippen molar-refractivity contribution in [3.05, 3.63) is 41.5 Å². The van der Waals surface area contributed by atoms with E-state index in [1.165, 1.54) is 17.6 Å². The summed E-state index contributed by atoms with van der Waals surface area (Å²) in [5.41, 5.74) is 2.77. The summed E-state index contributed by atoms with van der Waals surface area (Å²) in [7, 11) is 0. The summed E-state index contributed by atoms with van der Waals surface area (Å²) in [4.78, 5) is 0. The first kappa shape index (κ1) is 10.0. The summed E-state index contributed by atoms with van der Waals surface area (Å²) in [5.74, 6) is 0.695. The highest BCUT2D eigenvalue weighted by Gasteiger charge is 1.99. The third kappa shape index (κ3) is 3.06. The fourth-order valence-corrected chi connectivity index (χ4v) is 1.28. The zero-order valence-corrected chi connectivity index (χ0v) is 8.75. The lowest BCUT2D eigenvalue weighted by atomic mass is 9.98. The molecular weight excluding hydrogens is 156 g/mol. The maximum Gasteiger partial charge on any atom is -0.0234 e. The lowest BCUT2D eigenvalue weighted by Gasteiger charge is -2.08. The van der Waals surface area contributed by atoms with Gasteiger partial charge in [0.05, 0.1) is 0 Å². The SMILES string of the molecule is CCC(C)C(C)=Cc1ccccc1. The zero-order chi connectivity index (χ0) is 9.68. The van der Waals surface area contributed by atoms with Crippen LogP contribution in [0.5, 0.6) is 0 Å². The van der Waals surface area contributed by atoms with Crippen LogP contribution in [0.15, 0.2) is 35.9 Å². The molecule has 1 aromatic carbocycles. The first-order valence-electron chi connectivity index (χ1n) is 4.97. The molecule has 0 aliphatic heterocycles. The van der Waals surface area contributed by atoms with Gasteiger partial charge in [0, 0.05) is 0 Å². The number of hydrogen-bond donors (Lipinski definition) is 0. The smallest absolute Gasteiger partial charge is 0.0234 e. The average Bonchev–Trinajstić information content (AvgIpc) is 2.18. The van der Waals surface area contributed by atoms with E-state index in [4.69, 9.17) is 0 Å². The molecule has 0 saturated heterocycles. The van der Waals surface area contributed by atoms with E-state index in [1.54, 1.807) is 0 Å². The van der Waals surface area contributed by atoms with Crippen molar-refractivity contribution in [3.63, 3.8) is 0 Å². The fraction of sp³-hybridized carbons (Fsp3) is 0.385. The van der Waals surface area contributed by atoms with Crippen LogP contribution in [-0.2, 0) is 0 Å². The van der Waals surface area contributed by atoms with Crippen LogP contribution in [0.25, 0.3) is 6.08 Å². The maximum absolute atomic E-state index is 2.27. The van der Waals surface area contributed by atoms with Crippen molar-refractivity contribution in [2.75, 3.05) is 0 Å². The van der Waals surface area contributed by atoms with Crippen molar-refractivity contribution in [1.29, 1.82) is 0 Å². The molecule has 0 fully saturated rings. The summed E-state index contributed by atoms with van der Waals surface area (Å²) in [6.07, 6.45) is 3.49. The number of rotatable bonds is 3. The number of allylic oxidation sites excluding steroid dienone is 1. The number of hydrogen-bond acceptors (Lipinski definition) is 0. The first-order valence-corrected chi connectivity index (χ1v) is 4.97. The van der Waals surface area contributed by atoms with Crippen molar-refractivity contribution >= 4 is 6.08 Å². The van der Waals surface area contributed by atoms with E-state index >= 15 is 0 Å². The monoisotopic (exact) mass is 174 g/mol. The molecule has 1 aromatic rings. The van der Waals surface area contributed by atoms with E-state index in [1.807, 2.05) is 0 Å². The molecule has 0 aliphatic carbocycles. The Labute approximate surface area is 81.3 Å². The van der Waals surface area contributed by atoms with Crippen LogP contribution in [0.4, 0.5) is 0 Å². The second-order valence-electron chi connectivity index (χ2n) is 3.61. The molecule has 0 amide bonds. The minimum Gasteiger partial charge on any atom is -0.0699 e. The van der Waals surface area contributed by atoms with Gasteiger partial charge in [-0.15, -0.1) is 0 Å². The van der Waals surface area contributed by atoms with E-state index < -0.39 is 0 Å². The molecule has 0 nitrogen and oxygen atoms in total. The van der Waals surface area contributed by atoms with Crippen LogP contribution < -0.4 is 0 Å². The quantitative estimate of drug-likeness (QED) is 0.646. The Morgan fingerprint density at radius 3 is 2.46 bits per heavy atom. The van der Waals surface area contributed by atoms with Crippen molar-refractivity contribution in [2.45, 2.75) is 27.2 Å². The van der Waals surface area contributed by atoms with Gasteiger partial charge in [-0.25, -0.2) is 0 Å². The largest absolute Gasteiger partial charge is 0.0699 e. The molecule has 0 aliphatic rings. The molecule has 0 radical (unpaired) electrons. The van der Waals surface area contributed by atoms with Crippen LogP contribution >= 0.6 is 0 Å². The second kappa shape index (κ2) is 4.86. The van der Waals surface area contributed by atoms with Crippen LogP contribution in [0, 0.1) is 5.92 Å². The van der Waals surface area contributed by atoms with Crippen molar-refractivity contribution in [1.82, 2.24) is 0 Å². The number of benzene rings is 1. The van der Waals surface area contributed by atoms with Crippen molar-refractivity contribution in [2.24, 2.45) is 5.92 Å². The van der Waals surface area contributed by atoms with Gasteiger partial charge < -0.3 is 0 Å². The molecular formula is C13H18. The normalized spacial score (nSPS) is 14.2. The first-order chi connectivity index (χ1) is 6.24. The predicted molar refractivity (Wildman–Crippen MR) is 59.5 cm³/mol. The van der Waals surface area contributed by atoms with Gasteiger partial charge in [-0.1, -0.05) is 55.8 Å². The van der Waals surface area contributed by atoms with Gasteiger partial charge >= 0.3 is 0 Å². The van der Waals surface area contributed by atoms with Gasteiger partial charge in [-0.2, -0.15) is 0 Å². The predicted octanol–water partition coefficient (Wildman–Crippen LogP) is 4.14. The van der Waals surface area contributed by atoms with Crippen LogP contribution in [0.1, 0.15) is 32.8 Å². The molecule has 0 bridgehead atoms. The highest BCUT2D eigenvalue weighted by molar-refractivity contribution is 5.52. The summed E-state index contributed by atoms with van der Waals surface area (Å²) in [6.45, 7) is 6.71. The Kier molecular flexibility index (Phi) is 3.75. The lowest BCUT2D eigenvalue weighted by molar-refractivity contribution is 0.660. The maximum atomic E-state index is 2.27. The highest BCUT2D eigenvalue weighted by Crippen LogP contribution is 2.16. The van der Waals surface area contributed by atoms with Crippen LogP contribution in [0.3, 0.4) is 0 Å². The minimum absolute atomic E-state index is 0.695. The van der Waals surface area contributed by atoms with Gasteiger partial charge in [0.25, 0.3) is 0 Å². The summed E-state index contributed by atoms with van der Waals surface area (Å²) in [6, 6.07) is 10.5. The molecule has 1 unspecified atom stereocenters. The van der Waals surface area contributed by atoms with Crippen LogP contribution in [-0.4, -0.2) is 0 Å². The van der Waals surface area contributed by atoms with Gasteiger partial charge in [0.2, 0.25) is 0 Å². The molecule has 0 heteroatoms. The molecule has 13 heavy (non-hydrogen) atoms. The Hall–Kier alpha value is -1.04. The fourth-order valence-electron chi connectivity index (χ4n) is 1.28. The molecule has 0 aromatic heterocycles. The van der Waals surface area contributed by atoms with E-state index in [2.05, 4.69) is 57.2 Å². The zero-order valence-electron chi connectivity index (χ0n) is 8.75. The Balaban J connectivity index is 2.77. The van der Waals surface area contributed by atoms with Gasteiger partial charge in [-0.3, -0.25) is 0 Å². The van der Waals surface area contributed by atoms with Gasteiger partial charge in [-0.05, 0) is 24.8 Å². The van der Waals surface area contributed by atoms with Crippen molar-refractivity contribution in [3.8, 4) is 0 Å². The summed E-state index contributed by atoms with van der Waals surface area (Å²) in [5, 5.41) is 0. The van der Waals surface area contributed by atoms with E-state index in [0.717, 1.165) is 0 Å². The van der Waals surface area contributed by atoms with Crippen LogP contribution in [0.2, 0.25) is 0 Å². The highest BCUT2D eigenvalue weighted by atomic mass is 14.1. The topological polar surface area (TPSA) is 0 Å². The molecule has 70 valence electrons. The average molecular weight is 174 g/mol. The molecule has 1 rings (SSSR count). The Bertz CT molecular complexity index is 269. The molecule has 1 atom stereocenters. The van der Waals surface area contributed by atoms with Gasteiger partial charge in [0.15, 0.2) is 0 Å². The summed E-state index contributed by atoms with van der Waals surface area (Å²) >= 11 is 0. The third-order valence-corrected chi connectivity index (χ3v) is 2.58. The molecule has 0 saturated carbocycles. The molecule has 0 N–H and O–H groups in total. The van der Waals surface area contributed by atoms with Gasteiger partial charge in [0.1, 0.15) is 0 Å². The standard InChI is InChI=1S/C13H18/c1-4-11(2)12(3)10-13-8-6-5-7-9-13/h5-11H,4H2,1-3H3. The summed E-state index contributed by atoms with van der Waals surface area (Å²) < 4.78 is 0. The van der Waals surface area contributed by atoms with E-state index in [0.29, 0.717) is 5.92 Å². The Morgan fingerprint density at radius 2 is 1.92 bits per heavy atom. The Morgan fingerprint density at radius 1 is 1.31 bits per heavy atom.